The maximum atomic E-state index is 12.2. The van der Waals surface area contributed by atoms with Crippen LogP contribution in [-0.4, -0.2) is 30.7 Å². The summed E-state index contributed by atoms with van der Waals surface area (Å²) in [5.74, 6) is 0.0885. The first-order chi connectivity index (χ1) is 17.6. The number of ether oxygens (including phenoxy) is 2. The number of carbonyl (C=O) groups is 1. The maximum absolute atomic E-state index is 12.2. The molecule has 1 saturated carbocycles. The van der Waals surface area contributed by atoms with E-state index in [4.69, 9.17) is 33.7 Å². The van der Waals surface area contributed by atoms with Gasteiger partial charge in [0.15, 0.2) is 5.75 Å². The lowest BCUT2D eigenvalue weighted by Crippen LogP contribution is -2.29. The Hall–Kier alpha value is -3.76. The highest BCUT2D eigenvalue weighted by Gasteiger charge is 2.40. The number of hydrogen-bond donors (Lipinski definition) is 2. The van der Waals surface area contributed by atoms with Crippen molar-refractivity contribution in [3.63, 3.8) is 0 Å². The summed E-state index contributed by atoms with van der Waals surface area (Å²) in [7, 11) is 0. The fourth-order valence-corrected chi connectivity index (χ4v) is 3.92. The van der Waals surface area contributed by atoms with E-state index in [9.17, 15) is 18.0 Å². The van der Waals surface area contributed by atoms with Crippen LogP contribution >= 0.6 is 23.2 Å². The molecular formula is C25H19Cl2F3N4O3. The van der Waals surface area contributed by atoms with E-state index in [0.29, 0.717) is 11.3 Å². The van der Waals surface area contributed by atoms with E-state index in [0.717, 1.165) is 24.1 Å². The molecule has 0 aliphatic heterocycles. The van der Waals surface area contributed by atoms with Crippen LogP contribution in [0.1, 0.15) is 23.5 Å². The van der Waals surface area contributed by atoms with Gasteiger partial charge in [0.05, 0.1) is 15.7 Å². The van der Waals surface area contributed by atoms with Crippen LogP contribution in [0.3, 0.4) is 0 Å². The first kappa shape index (κ1) is 26.3. The minimum Gasteiger partial charge on any atom is -0.407 e. The number of amidine groups is 1. The molecule has 7 nitrogen and oxygen atoms in total. The average Bonchev–Trinajstić information content (AvgIpc) is 3.60. The quantitative estimate of drug-likeness (QED) is 0.255. The summed E-state index contributed by atoms with van der Waals surface area (Å²) < 4.78 is 45.7. The van der Waals surface area contributed by atoms with E-state index in [1.165, 1.54) is 18.5 Å². The van der Waals surface area contributed by atoms with Gasteiger partial charge in [-0.2, -0.15) is 0 Å². The Morgan fingerprint density at radius 1 is 1.03 bits per heavy atom. The molecule has 1 fully saturated rings. The zero-order valence-corrected chi connectivity index (χ0v) is 20.4. The van der Waals surface area contributed by atoms with Gasteiger partial charge in [-0.3, -0.25) is 0 Å². The first-order valence-corrected chi connectivity index (χ1v) is 11.6. The van der Waals surface area contributed by atoms with Crippen molar-refractivity contribution >= 4 is 47.2 Å². The summed E-state index contributed by atoms with van der Waals surface area (Å²) in [6.45, 7) is 0. The van der Waals surface area contributed by atoms with Gasteiger partial charge in [0.1, 0.15) is 17.9 Å². The molecule has 192 valence electrons. The Kier molecular flexibility index (Phi) is 7.89. The highest BCUT2D eigenvalue weighted by molar-refractivity contribution is 6.37. The zero-order valence-electron chi connectivity index (χ0n) is 18.9. The third kappa shape index (κ3) is 7.37. The number of rotatable bonds is 7. The number of nitrogens with one attached hydrogen (secondary N) is 1. The van der Waals surface area contributed by atoms with Crippen LogP contribution in [0.15, 0.2) is 76.7 Å². The standard InChI is InChI=1S/C25H19Cl2F3N4O3/c26-19-2-1-3-20(27)22(19)36-24(35)34-21-12-18(21)14-4-6-15(7-5-14)23(31)33-13-32-16-8-10-17(11-9-16)37-25(28,29)30/h1-11,13,18,21H,12H2,(H,34,35)(H2,31,32,33). The van der Waals surface area contributed by atoms with Gasteiger partial charge >= 0.3 is 12.5 Å². The van der Waals surface area contributed by atoms with Gasteiger partial charge in [-0.05, 0) is 48.4 Å². The van der Waals surface area contributed by atoms with Gasteiger partial charge in [0.25, 0.3) is 0 Å². The molecule has 1 aliphatic rings. The fraction of sp³-hybridized carbons (Fsp3) is 0.160. The predicted octanol–water partition coefficient (Wildman–Crippen LogP) is 6.60. The monoisotopic (exact) mass is 550 g/mol. The second-order valence-corrected chi connectivity index (χ2v) is 8.77. The van der Waals surface area contributed by atoms with Gasteiger partial charge in [0, 0.05) is 17.5 Å². The smallest absolute Gasteiger partial charge is 0.407 e. The lowest BCUT2D eigenvalue weighted by atomic mass is 10.1. The number of nitrogens with two attached hydrogens (primary N) is 1. The molecule has 4 rings (SSSR count). The summed E-state index contributed by atoms with van der Waals surface area (Å²) in [5, 5.41) is 3.27. The van der Waals surface area contributed by atoms with Crippen LogP contribution < -0.4 is 20.5 Å². The predicted molar refractivity (Wildman–Crippen MR) is 135 cm³/mol. The molecule has 2 atom stereocenters. The fourth-order valence-electron chi connectivity index (χ4n) is 3.44. The second kappa shape index (κ2) is 11.1. The lowest BCUT2D eigenvalue weighted by molar-refractivity contribution is -0.274. The van der Waals surface area contributed by atoms with Crippen molar-refractivity contribution in [3.8, 4) is 11.5 Å². The molecule has 3 aromatic carbocycles. The van der Waals surface area contributed by atoms with E-state index < -0.39 is 12.5 Å². The van der Waals surface area contributed by atoms with Crippen molar-refractivity contribution in [2.75, 3.05) is 0 Å². The molecule has 37 heavy (non-hydrogen) atoms. The Labute approximate surface area is 219 Å². The molecule has 2 unspecified atom stereocenters. The van der Waals surface area contributed by atoms with E-state index in [-0.39, 0.29) is 39.3 Å². The Bertz CT molecular complexity index is 1310. The average molecular weight is 551 g/mol. The topological polar surface area (TPSA) is 98.3 Å². The van der Waals surface area contributed by atoms with E-state index in [2.05, 4.69) is 20.0 Å². The molecule has 0 aromatic heterocycles. The molecular weight excluding hydrogens is 532 g/mol. The van der Waals surface area contributed by atoms with Crippen LogP contribution in [0.25, 0.3) is 0 Å². The Balaban J connectivity index is 1.29. The minimum atomic E-state index is -4.76. The number of carbonyl (C=O) groups excluding carboxylic acids is 1. The van der Waals surface area contributed by atoms with Crippen LogP contribution in [-0.2, 0) is 0 Å². The summed E-state index contributed by atoms with van der Waals surface area (Å²) >= 11 is 12.0. The number of halogens is 5. The molecule has 0 heterocycles. The van der Waals surface area contributed by atoms with E-state index in [1.807, 2.05) is 12.1 Å². The second-order valence-electron chi connectivity index (χ2n) is 7.96. The molecule has 3 N–H and O–H groups in total. The minimum absolute atomic E-state index is 0.0920. The molecule has 0 saturated heterocycles. The van der Waals surface area contributed by atoms with Crippen molar-refractivity contribution < 1.29 is 27.4 Å². The molecule has 0 radical (unpaired) electrons. The van der Waals surface area contributed by atoms with Crippen molar-refractivity contribution in [2.45, 2.75) is 24.7 Å². The highest BCUT2D eigenvalue weighted by Crippen LogP contribution is 2.41. The highest BCUT2D eigenvalue weighted by atomic mass is 35.5. The summed E-state index contributed by atoms with van der Waals surface area (Å²) in [6, 6.07) is 17.1. The van der Waals surface area contributed by atoms with E-state index >= 15 is 0 Å². The molecule has 1 amide bonds. The number of aliphatic imine (C=N–C) groups is 2. The third-order valence-corrected chi connectivity index (χ3v) is 5.91. The summed E-state index contributed by atoms with van der Waals surface area (Å²) in [6.07, 6.45) is -3.44. The van der Waals surface area contributed by atoms with Crippen molar-refractivity contribution in [3.05, 3.63) is 87.9 Å². The number of nitrogens with zero attached hydrogens (tertiary/aromatic N) is 2. The third-order valence-electron chi connectivity index (χ3n) is 5.32. The zero-order chi connectivity index (χ0) is 26.6. The Morgan fingerprint density at radius 3 is 2.30 bits per heavy atom. The molecule has 0 spiro atoms. The van der Waals surface area contributed by atoms with Crippen LogP contribution in [0.2, 0.25) is 10.0 Å². The van der Waals surface area contributed by atoms with Gasteiger partial charge in [-0.1, -0.05) is 53.5 Å². The van der Waals surface area contributed by atoms with Crippen molar-refractivity contribution in [2.24, 2.45) is 15.7 Å². The van der Waals surface area contributed by atoms with Crippen molar-refractivity contribution in [1.82, 2.24) is 5.32 Å². The normalized spacial score (nSPS) is 17.5. The van der Waals surface area contributed by atoms with Crippen LogP contribution in [0, 0.1) is 0 Å². The van der Waals surface area contributed by atoms with Gasteiger partial charge < -0.3 is 20.5 Å². The number of benzene rings is 3. The number of amides is 1. The van der Waals surface area contributed by atoms with Crippen LogP contribution in [0.5, 0.6) is 11.5 Å². The molecule has 1 aliphatic carbocycles. The van der Waals surface area contributed by atoms with Gasteiger partial charge in [-0.25, -0.2) is 14.8 Å². The lowest BCUT2D eigenvalue weighted by Gasteiger charge is -2.09. The van der Waals surface area contributed by atoms with Crippen molar-refractivity contribution in [1.29, 1.82) is 0 Å². The maximum Gasteiger partial charge on any atom is 0.573 e. The van der Waals surface area contributed by atoms with Gasteiger partial charge in [-0.15, -0.1) is 13.2 Å². The van der Waals surface area contributed by atoms with Crippen LogP contribution in [0.4, 0.5) is 23.7 Å². The summed E-state index contributed by atoms with van der Waals surface area (Å²) in [5.41, 5.74) is 8.04. The number of para-hydroxylation sites is 1. The van der Waals surface area contributed by atoms with Gasteiger partial charge in [0.2, 0.25) is 0 Å². The number of hydrogen-bond acceptors (Lipinski definition) is 4. The first-order valence-electron chi connectivity index (χ1n) is 10.8. The molecule has 0 bridgehead atoms. The molecule has 3 aromatic rings. The summed E-state index contributed by atoms with van der Waals surface area (Å²) in [4.78, 5) is 20.3. The molecule has 12 heteroatoms. The Morgan fingerprint density at radius 2 is 1.68 bits per heavy atom. The van der Waals surface area contributed by atoms with E-state index in [1.54, 1.807) is 30.3 Å². The number of alkyl halides is 3. The SMILES string of the molecule is NC(=NC=Nc1ccc(OC(F)(F)F)cc1)c1ccc(C2CC2NC(=O)Oc2c(Cl)cccc2Cl)cc1. The largest absolute Gasteiger partial charge is 0.573 e.